The van der Waals surface area contributed by atoms with E-state index in [0.29, 0.717) is 13.1 Å². The van der Waals surface area contributed by atoms with Crippen LogP contribution in [0.4, 0.5) is 5.69 Å². The molecule has 0 bridgehead atoms. The Hall–Kier alpha value is -0.850. The SMILES string of the molecule is CC(C)(N)CO.Cl.OCCN(CCO)c1ccccc1. The minimum atomic E-state index is -0.403. The Kier molecular flexibility index (Phi) is 12.8. The molecule has 1 aromatic carbocycles. The topological polar surface area (TPSA) is 90.0 Å². The maximum absolute atomic E-state index is 8.80. The standard InChI is InChI=1S/C10H15NO2.C4H11NO.ClH/c12-8-6-11(7-9-13)10-4-2-1-3-5-10;1-4(2,5)3-6;/h1-5,12-13H,6-9H2;6H,3,5H2,1-2H3;1H. The van der Waals surface area contributed by atoms with Crippen LogP contribution in [0.25, 0.3) is 0 Å². The molecule has 0 saturated heterocycles. The molecule has 1 aromatic rings. The number of benzene rings is 1. The molecule has 0 unspecified atom stereocenters. The van der Waals surface area contributed by atoms with Gasteiger partial charge in [-0.15, -0.1) is 12.4 Å². The summed E-state index contributed by atoms with van der Waals surface area (Å²) < 4.78 is 0. The molecule has 0 amide bonds. The molecule has 0 spiro atoms. The van der Waals surface area contributed by atoms with E-state index in [-0.39, 0.29) is 32.2 Å². The molecule has 0 aliphatic rings. The molecule has 0 aromatic heterocycles. The summed E-state index contributed by atoms with van der Waals surface area (Å²) in [7, 11) is 0. The lowest BCUT2D eigenvalue weighted by molar-refractivity contribution is 0.221. The van der Waals surface area contributed by atoms with Crippen LogP contribution in [0.3, 0.4) is 0 Å². The van der Waals surface area contributed by atoms with Crippen molar-refractivity contribution in [2.24, 2.45) is 5.73 Å². The zero-order valence-electron chi connectivity index (χ0n) is 12.2. The third kappa shape index (κ3) is 11.0. The lowest BCUT2D eigenvalue weighted by Gasteiger charge is -2.22. The van der Waals surface area contributed by atoms with Gasteiger partial charge in [0.25, 0.3) is 0 Å². The summed E-state index contributed by atoms with van der Waals surface area (Å²) in [5, 5.41) is 25.9. The fourth-order valence-corrected chi connectivity index (χ4v) is 1.25. The Morgan fingerprint density at radius 2 is 1.40 bits per heavy atom. The summed E-state index contributed by atoms with van der Waals surface area (Å²) in [5.74, 6) is 0. The minimum Gasteiger partial charge on any atom is -0.395 e. The highest BCUT2D eigenvalue weighted by atomic mass is 35.5. The Labute approximate surface area is 127 Å². The van der Waals surface area contributed by atoms with Gasteiger partial charge in [0.2, 0.25) is 0 Å². The molecule has 5 N–H and O–H groups in total. The molecule has 0 aliphatic heterocycles. The van der Waals surface area contributed by atoms with Gasteiger partial charge in [-0.1, -0.05) is 18.2 Å². The van der Waals surface area contributed by atoms with Crippen molar-refractivity contribution in [1.29, 1.82) is 0 Å². The van der Waals surface area contributed by atoms with Crippen LogP contribution in [0, 0.1) is 0 Å². The predicted molar refractivity (Wildman–Crippen MR) is 85.4 cm³/mol. The number of aliphatic hydroxyl groups is 3. The quantitative estimate of drug-likeness (QED) is 0.618. The van der Waals surface area contributed by atoms with Crippen LogP contribution >= 0.6 is 12.4 Å². The molecule has 20 heavy (non-hydrogen) atoms. The number of anilines is 1. The lowest BCUT2D eigenvalue weighted by atomic mass is 10.1. The van der Waals surface area contributed by atoms with Gasteiger partial charge >= 0.3 is 0 Å². The molecular formula is C14H27ClN2O3. The molecule has 118 valence electrons. The second kappa shape index (κ2) is 11.9. The van der Waals surface area contributed by atoms with Gasteiger partial charge in [-0.2, -0.15) is 0 Å². The molecule has 5 nitrogen and oxygen atoms in total. The van der Waals surface area contributed by atoms with Crippen molar-refractivity contribution in [3.05, 3.63) is 30.3 Å². The van der Waals surface area contributed by atoms with Crippen molar-refractivity contribution < 1.29 is 15.3 Å². The Bertz CT molecular complexity index is 312. The van der Waals surface area contributed by atoms with Crippen molar-refractivity contribution >= 4 is 18.1 Å². The van der Waals surface area contributed by atoms with E-state index in [4.69, 9.17) is 21.1 Å². The summed E-state index contributed by atoms with van der Waals surface area (Å²) in [6.07, 6.45) is 0. The normalized spacial score (nSPS) is 10.1. The van der Waals surface area contributed by atoms with Gasteiger partial charge in [-0.3, -0.25) is 0 Å². The average Bonchev–Trinajstić information content (AvgIpc) is 2.39. The van der Waals surface area contributed by atoms with Crippen molar-refractivity contribution in [2.45, 2.75) is 19.4 Å². The maximum atomic E-state index is 8.80. The van der Waals surface area contributed by atoms with Gasteiger partial charge in [-0.05, 0) is 26.0 Å². The summed E-state index contributed by atoms with van der Waals surface area (Å²) in [5.41, 5.74) is 5.91. The number of nitrogens with zero attached hydrogens (tertiary/aromatic N) is 1. The van der Waals surface area contributed by atoms with Crippen LogP contribution < -0.4 is 10.6 Å². The lowest BCUT2D eigenvalue weighted by Crippen LogP contribution is -2.35. The number of halogens is 1. The number of para-hydroxylation sites is 1. The van der Waals surface area contributed by atoms with E-state index >= 15 is 0 Å². The predicted octanol–water partition coefficient (Wildman–Crippen LogP) is 0.615. The first-order valence-electron chi connectivity index (χ1n) is 6.36. The zero-order valence-corrected chi connectivity index (χ0v) is 13.0. The third-order valence-electron chi connectivity index (χ3n) is 2.27. The molecule has 0 atom stereocenters. The van der Waals surface area contributed by atoms with E-state index in [1.54, 1.807) is 13.8 Å². The molecule has 6 heteroatoms. The second-order valence-corrected chi connectivity index (χ2v) is 4.92. The van der Waals surface area contributed by atoms with Gasteiger partial charge in [0.15, 0.2) is 0 Å². The van der Waals surface area contributed by atoms with Crippen molar-refractivity contribution in [3.8, 4) is 0 Å². The highest BCUT2D eigenvalue weighted by Crippen LogP contribution is 2.11. The fourth-order valence-electron chi connectivity index (χ4n) is 1.25. The summed E-state index contributed by atoms with van der Waals surface area (Å²) in [6.45, 7) is 4.92. The van der Waals surface area contributed by atoms with Gasteiger partial charge in [0, 0.05) is 24.3 Å². The van der Waals surface area contributed by atoms with Crippen LogP contribution in [0.1, 0.15) is 13.8 Å². The molecule has 0 fully saturated rings. The van der Waals surface area contributed by atoms with Gasteiger partial charge in [0.1, 0.15) is 0 Å². The Balaban J connectivity index is 0. The molecular weight excluding hydrogens is 280 g/mol. The van der Waals surface area contributed by atoms with E-state index in [1.807, 2.05) is 35.2 Å². The summed E-state index contributed by atoms with van der Waals surface area (Å²) in [4.78, 5) is 1.94. The van der Waals surface area contributed by atoms with Crippen molar-refractivity contribution in [1.82, 2.24) is 0 Å². The fraction of sp³-hybridized carbons (Fsp3) is 0.571. The van der Waals surface area contributed by atoms with E-state index < -0.39 is 5.54 Å². The average molecular weight is 307 g/mol. The second-order valence-electron chi connectivity index (χ2n) is 4.92. The first-order chi connectivity index (χ1) is 8.94. The third-order valence-corrected chi connectivity index (χ3v) is 2.27. The minimum absolute atomic E-state index is 0. The summed E-state index contributed by atoms with van der Waals surface area (Å²) in [6, 6.07) is 9.75. The largest absolute Gasteiger partial charge is 0.395 e. The van der Waals surface area contributed by atoms with Crippen LogP contribution in [-0.2, 0) is 0 Å². The maximum Gasteiger partial charge on any atom is 0.0606 e. The number of nitrogens with two attached hydrogens (primary N) is 1. The molecule has 0 saturated carbocycles. The van der Waals surface area contributed by atoms with Crippen LogP contribution in [0.15, 0.2) is 30.3 Å². The van der Waals surface area contributed by atoms with E-state index in [1.165, 1.54) is 0 Å². The first-order valence-corrected chi connectivity index (χ1v) is 6.36. The molecule has 1 rings (SSSR count). The van der Waals surface area contributed by atoms with Crippen molar-refractivity contribution in [2.75, 3.05) is 37.8 Å². The number of hydrogen-bond acceptors (Lipinski definition) is 5. The number of rotatable bonds is 6. The van der Waals surface area contributed by atoms with Crippen LogP contribution in [0.2, 0.25) is 0 Å². The molecule has 0 radical (unpaired) electrons. The Morgan fingerprint density at radius 1 is 1.00 bits per heavy atom. The number of hydrogen-bond donors (Lipinski definition) is 4. The zero-order chi connectivity index (χ0) is 14.7. The van der Waals surface area contributed by atoms with E-state index in [2.05, 4.69) is 0 Å². The van der Waals surface area contributed by atoms with Crippen LogP contribution in [0.5, 0.6) is 0 Å². The molecule has 0 aliphatic carbocycles. The molecule has 0 heterocycles. The van der Waals surface area contributed by atoms with Gasteiger partial charge in [0.05, 0.1) is 19.8 Å². The van der Waals surface area contributed by atoms with E-state index in [0.717, 1.165) is 5.69 Å². The smallest absolute Gasteiger partial charge is 0.0606 e. The first kappa shape index (κ1) is 21.4. The van der Waals surface area contributed by atoms with Gasteiger partial charge < -0.3 is 26.0 Å². The highest BCUT2D eigenvalue weighted by Gasteiger charge is 2.05. The number of aliphatic hydroxyl groups excluding tert-OH is 3. The van der Waals surface area contributed by atoms with E-state index in [9.17, 15) is 0 Å². The highest BCUT2D eigenvalue weighted by molar-refractivity contribution is 5.85. The van der Waals surface area contributed by atoms with Crippen LogP contribution in [-0.4, -0.2) is 53.8 Å². The monoisotopic (exact) mass is 306 g/mol. The van der Waals surface area contributed by atoms with Gasteiger partial charge in [-0.25, -0.2) is 0 Å². The summed E-state index contributed by atoms with van der Waals surface area (Å²) >= 11 is 0. The van der Waals surface area contributed by atoms with Crippen molar-refractivity contribution in [3.63, 3.8) is 0 Å². The Morgan fingerprint density at radius 3 is 1.70 bits per heavy atom.